The molecule has 0 spiro atoms. The van der Waals surface area contributed by atoms with E-state index in [4.69, 9.17) is 37.3 Å². The van der Waals surface area contributed by atoms with Crippen LogP contribution < -0.4 is 4.74 Å². The maximum absolute atomic E-state index is 12.0. The molecule has 0 aliphatic heterocycles. The van der Waals surface area contributed by atoms with Gasteiger partial charge in [-0.3, -0.25) is 4.18 Å². The normalized spacial score (nSPS) is 11.6. The molecule has 0 amide bonds. The first-order valence-corrected chi connectivity index (χ1v) is 14.1. The van der Waals surface area contributed by atoms with E-state index in [9.17, 15) is 8.42 Å². The lowest BCUT2D eigenvalue weighted by molar-refractivity contribution is -0.0186. The van der Waals surface area contributed by atoms with E-state index < -0.39 is 10.1 Å². The Bertz CT molecular complexity index is 923. The first-order chi connectivity index (χ1) is 18.6. The summed E-state index contributed by atoms with van der Waals surface area (Å²) in [5, 5.41) is 0. The average molecular weight is 557 g/mol. The van der Waals surface area contributed by atoms with Gasteiger partial charge < -0.3 is 33.2 Å². The second-order valence-corrected chi connectivity index (χ2v) is 9.54. The minimum Gasteiger partial charge on any atom is -0.491 e. The molecule has 0 aliphatic carbocycles. The van der Waals surface area contributed by atoms with E-state index in [1.807, 2.05) is 37.3 Å². The van der Waals surface area contributed by atoms with E-state index in [1.54, 1.807) is 12.1 Å². The van der Waals surface area contributed by atoms with Gasteiger partial charge in [0.2, 0.25) is 0 Å². The van der Waals surface area contributed by atoms with Gasteiger partial charge in [-0.1, -0.05) is 35.9 Å². The van der Waals surface area contributed by atoms with Gasteiger partial charge in [-0.05, 0) is 31.2 Å². The fraction of sp³-hybridized carbons (Fsp3) is 0.556. The minimum absolute atomic E-state index is 0.0528. The Morgan fingerprint density at radius 3 is 1.34 bits per heavy atom. The molecule has 0 heterocycles. The first-order valence-electron chi connectivity index (χ1n) is 12.7. The zero-order valence-electron chi connectivity index (χ0n) is 22.1. The molecule has 0 saturated carbocycles. The Morgan fingerprint density at radius 2 is 0.895 bits per heavy atom. The smallest absolute Gasteiger partial charge is 0.297 e. The molecule has 38 heavy (non-hydrogen) atoms. The summed E-state index contributed by atoms with van der Waals surface area (Å²) in [6.45, 7) is 7.55. The molecule has 0 atom stereocenters. The van der Waals surface area contributed by atoms with Crippen molar-refractivity contribution in [2.75, 3.05) is 92.5 Å². The fourth-order valence-electron chi connectivity index (χ4n) is 2.91. The monoisotopic (exact) mass is 556 g/mol. The summed E-state index contributed by atoms with van der Waals surface area (Å²) >= 11 is 0. The van der Waals surface area contributed by atoms with Crippen LogP contribution in [0.1, 0.15) is 5.56 Å². The molecule has 0 fully saturated rings. The highest BCUT2D eigenvalue weighted by Gasteiger charge is 2.14. The van der Waals surface area contributed by atoms with Gasteiger partial charge in [0.15, 0.2) is 0 Å². The average Bonchev–Trinajstić information content (AvgIpc) is 2.92. The van der Waals surface area contributed by atoms with Crippen LogP contribution in [0.15, 0.2) is 59.5 Å². The third-order valence-corrected chi connectivity index (χ3v) is 6.20. The Balaban J connectivity index is 1.24. The molecule has 0 bridgehead atoms. The predicted octanol–water partition coefficient (Wildman–Crippen LogP) is 2.88. The number of ether oxygens (including phenoxy) is 7. The van der Waals surface area contributed by atoms with E-state index in [1.165, 1.54) is 12.1 Å². The van der Waals surface area contributed by atoms with Gasteiger partial charge in [0.05, 0.1) is 90.8 Å². The summed E-state index contributed by atoms with van der Waals surface area (Å²) in [5.74, 6) is 0.834. The Labute approximate surface area is 226 Å². The number of benzene rings is 2. The second kappa shape index (κ2) is 20.8. The number of para-hydroxylation sites is 1. The molecule has 11 heteroatoms. The predicted molar refractivity (Wildman–Crippen MR) is 141 cm³/mol. The molecule has 0 saturated heterocycles. The second-order valence-electron chi connectivity index (χ2n) is 7.92. The highest BCUT2D eigenvalue weighted by molar-refractivity contribution is 7.86. The van der Waals surface area contributed by atoms with E-state index in [0.717, 1.165) is 11.3 Å². The number of hydrogen-bond donors (Lipinski definition) is 0. The van der Waals surface area contributed by atoms with Crippen molar-refractivity contribution in [3.8, 4) is 5.75 Å². The van der Waals surface area contributed by atoms with Crippen LogP contribution in [0.25, 0.3) is 0 Å². The van der Waals surface area contributed by atoms with Crippen LogP contribution in [-0.4, -0.2) is 101 Å². The molecular formula is C27H40O10S. The van der Waals surface area contributed by atoms with Crippen molar-refractivity contribution >= 4 is 10.1 Å². The van der Waals surface area contributed by atoms with Crippen LogP contribution in [0.4, 0.5) is 0 Å². The number of rotatable bonds is 24. The van der Waals surface area contributed by atoms with Crippen LogP contribution in [0, 0.1) is 6.92 Å². The lowest BCUT2D eigenvalue weighted by atomic mass is 10.2. The quantitative estimate of drug-likeness (QED) is 0.141. The molecule has 0 unspecified atom stereocenters. The van der Waals surface area contributed by atoms with Crippen LogP contribution in [0.3, 0.4) is 0 Å². The minimum atomic E-state index is -3.76. The Kier molecular flexibility index (Phi) is 17.6. The highest BCUT2D eigenvalue weighted by atomic mass is 32.2. The maximum Gasteiger partial charge on any atom is 0.297 e. The van der Waals surface area contributed by atoms with Gasteiger partial charge in [0.25, 0.3) is 10.1 Å². The summed E-state index contributed by atoms with van der Waals surface area (Å²) < 4.78 is 67.1. The summed E-state index contributed by atoms with van der Waals surface area (Å²) in [5.41, 5.74) is 0.979. The first kappa shape index (κ1) is 32.1. The molecule has 0 aliphatic rings. The van der Waals surface area contributed by atoms with Gasteiger partial charge in [-0.25, -0.2) is 0 Å². The SMILES string of the molecule is Cc1ccc(S(=O)(=O)OCCOCCOCCOCCOCCOCCOCCOc2ccccc2)cc1. The van der Waals surface area contributed by atoms with Gasteiger partial charge in [-0.2, -0.15) is 8.42 Å². The Hall–Kier alpha value is -2.09. The van der Waals surface area contributed by atoms with E-state index >= 15 is 0 Å². The molecule has 2 rings (SSSR count). The topological polar surface area (TPSA) is 108 Å². The summed E-state index contributed by atoms with van der Waals surface area (Å²) in [6.07, 6.45) is 0. The van der Waals surface area contributed by atoms with Crippen molar-refractivity contribution in [3.05, 3.63) is 60.2 Å². The largest absolute Gasteiger partial charge is 0.491 e. The molecule has 0 N–H and O–H groups in total. The van der Waals surface area contributed by atoms with Gasteiger partial charge >= 0.3 is 0 Å². The molecule has 2 aromatic rings. The van der Waals surface area contributed by atoms with Crippen LogP contribution >= 0.6 is 0 Å². The van der Waals surface area contributed by atoms with Crippen LogP contribution in [0.5, 0.6) is 5.75 Å². The van der Waals surface area contributed by atoms with Crippen molar-refractivity contribution in [1.82, 2.24) is 0 Å². The molecule has 0 radical (unpaired) electrons. The molecular weight excluding hydrogens is 516 g/mol. The third kappa shape index (κ3) is 16.0. The molecule has 10 nitrogen and oxygen atoms in total. The lowest BCUT2D eigenvalue weighted by Crippen LogP contribution is -2.15. The van der Waals surface area contributed by atoms with Crippen LogP contribution in [-0.2, 0) is 42.7 Å². The lowest BCUT2D eigenvalue weighted by Gasteiger charge is -2.09. The summed E-state index contributed by atoms with van der Waals surface area (Å²) in [4.78, 5) is 0.132. The summed E-state index contributed by atoms with van der Waals surface area (Å²) in [7, 11) is -3.76. The highest BCUT2D eigenvalue weighted by Crippen LogP contribution is 2.13. The number of aryl methyl sites for hydroxylation is 1. The van der Waals surface area contributed by atoms with Crippen molar-refractivity contribution in [2.24, 2.45) is 0 Å². The van der Waals surface area contributed by atoms with Crippen molar-refractivity contribution < 1.29 is 45.8 Å². The Morgan fingerprint density at radius 1 is 0.500 bits per heavy atom. The summed E-state index contributed by atoms with van der Waals surface area (Å²) in [6, 6.07) is 16.1. The fourth-order valence-corrected chi connectivity index (χ4v) is 3.81. The van der Waals surface area contributed by atoms with Gasteiger partial charge in [0, 0.05) is 0 Å². The third-order valence-electron chi connectivity index (χ3n) is 4.88. The standard InChI is InChI=1S/C27H40O10S/c1-25-7-9-27(10-8-25)38(28,29)37-24-22-35-20-18-33-16-14-31-12-11-30-13-15-32-17-19-34-21-23-36-26-5-3-2-4-6-26/h2-10H,11-24H2,1H3. The number of hydrogen-bond acceptors (Lipinski definition) is 10. The zero-order valence-corrected chi connectivity index (χ0v) is 22.9. The van der Waals surface area contributed by atoms with E-state index in [0.29, 0.717) is 79.3 Å². The maximum atomic E-state index is 12.0. The van der Waals surface area contributed by atoms with Crippen molar-refractivity contribution in [3.63, 3.8) is 0 Å². The van der Waals surface area contributed by atoms with Gasteiger partial charge in [-0.15, -0.1) is 0 Å². The van der Waals surface area contributed by atoms with Crippen LogP contribution in [0.2, 0.25) is 0 Å². The van der Waals surface area contributed by atoms with Crippen molar-refractivity contribution in [2.45, 2.75) is 11.8 Å². The van der Waals surface area contributed by atoms with E-state index in [-0.39, 0.29) is 18.1 Å². The van der Waals surface area contributed by atoms with E-state index in [2.05, 4.69) is 0 Å². The van der Waals surface area contributed by atoms with Crippen molar-refractivity contribution in [1.29, 1.82) is 0 Å². The molecule has 2 aromatic carbocycles. The molecule has 214 valence electrons. The van der Waals surface area contributed by atoms with Gasteiger partial charge in [0.1, 0.15) is 12.4 Å². The zero-order chi connectivity index (χ0) is 27.2. The molecule has 0 aromatic heterocycles.